The number of hydrogen-bond donors (Lipinski definition) is 0. The van der Waals surface area contributed by atoms with Crippen LogP contribution in [-0.4, -0.2) is 4.98 Å². The third kappa shape index (κ3) is 4.50. The number of aromatic nitrogens is 1. The van der Waals surface area contributed by atoms with E-state index in [9.17, 15) is 42.1 Å². The molecule has 214 valence electrons. The summed E-state index contributed by atoms with van der Waals surface area (Å²) in [5, 5.41) is 76.7. The number of nitrogens with zero attached hydrogens (tertiary/aromatic N) is 9. The Balaban J connectivity index is 2.50. The molecular weight excluding hydrogens is 612 g/mol. The normalized spacial score (nSPS) is 9.78. The van der Waals surface area contributed by atoms with Crippen molar-refractivity contribution in [3.63, 3.8) is 0 Å². The second kappa shape index (κ2) is 11.9. The molecule has 9 nitrogen and oxygen atoms in total. The van der Waals surface area contributed by atoms with E-state index in [0.717, 1.165) is 0 Å². The van der Waals surface area contributed by atoms with Gasteiger partial charge in [-0.15, -0.1) is 0 Å². The summed E-state index contributed by atoms with van der Waals surface area (Å²) in [6.45, 7) is 0. The number of pyridine rings is 1. The zero-order valence-electron chi connectivity index (χ0n) is 22.0. The summed E-state index contributed by atoms with van der Waals surface area (Å²) in [6.07, 6.45) is 0. The average molecular weight is 615 g/mol. The molecule has 4 aromatic rings. The van der Waals surface area contributed by atoms with Crippen LogP contribution in [0.4, 0.5) is 26.3 Å². The molecule has 0 fully saturated rings. The van der Waals surface area contributed by atoms with E-state index in [1.54, 1.807) is 0 Å². The molecule has 0 N–H and O–H groups in total. The molecule has 0 unspecified atom stereocenters. The minimum absolute atomic E-state index is 0.457. The predicted molar refractivity (Wildman–Crippen MR) is 138 cm³/mol. The lowest BCUT2D eigenvalue weighted by molar-refractivity contribution is 0.582. The SMILES string of the molecule is N#Cc1cc(C#N)c(F)c(-c2nc(-c3c(F)c(C#N)cc(C#N)c3F)c(C#N)c(-c3c(F)c(C#N)cc(C#N)c3F)c2C#N)c1F. The van der Waals surface area contributed by atoms with Crippen molar-refractivity contribution in [2.24, 2.45) is 0 Å². The Bertz CT molecular complexity index is 2190. The number of halogens is 6. The lowest BCUT2D eigenvalue weighted by Gasteiger charge is -2.19. The highest BCUT2D eigenvalue weighted by molar-refractivity contribution is 5.91. The second-order valence-corrected chi connectivity index (χ2v) is 8.75. The molecule has 0 aliphatic heterocycles. The van der Waals surface area contributed by atoms with Gasteiger partial charge in [-0.2, -0.15) is 42.1 Å². The fourth-order valence-electron chi connectivity index (χ4n) is 4.45. The lowest BCUT2D eigenvalue weighted by Crippen LogP contribution is -2.10. The highest BCUT2D eigenvalue weighted by atomic mass is 19.2. The van der Waals surface area contributed by atoms with E-state index in [-0.39, 0.29) is 0 Å². The number of benzene rings is 3. The Hall–Kier alpha value is -7.69. The third-order valence-corrected chi connectivity index (χ3v) is 6.47. The van der Waals surface area contributed by atoms with Gasteiger partial charge in [0.25, 0.3) is 0 Å². The summed E-state index contributed by atoms with van der Waals surface area (Å²) in [4.78, 5) is 3.71. The predicted octanol–water partition coefficient (Wildman–Crippen LogP) is 5.89. The Labute approximate surface area is 253 Å². The maximum Gasteiger partial charge on any atom is 0.153 e. The number of hydrogen-bond acceptors (Lipinski definition) is 9. The zero-order chi connectivity index (χ0) is 34.0. The first-order valence-corrected chi connectivity index (χ1v) is 11.9. The lowest BCUT2D eigenvalue weighted by atomic mass is 9.86. The minimum Gasteiger partial charge on any atom is -0.245 e. The van der Waals surface area contributed by atoms with Gasteiger partial charge in [0.15, 0.2) is 34.9 Å². The molecule has 0 saturated heterocycles. The second-order valence-electron chi connectivity index (χ2n) is 8.75. The smallest absolute Gasteiger partial charge is 0.153 e. The van der Waals surface area contributed by atoms with Crippen molar-refractivity contribution in [2.75, 3.05) is 0 Å². The van der Waals surface area contributed by atoms with Crippen molar-refractivity contribution in [2.45, 2.75) is 0 Å². The Morgan fingerprint density at radius 3 is 0.804 bits per heavy atom. The molecule has 0 saturated carbocycles. The fraction of sp³-hybridized carbons (Fsp3) is 0. The van der Waals surface area contributed by atoms with E-state index in [1.165, 1.54) is 48.6 Å². The summed E-state index contributed by atoms with van der Waals surface area (Å²) >= 11 is 0. The van der Waals surface area contributed by atoms with Gasteiger partial charge in [0.1, 0.15) is 48.6 Å². The van der Waals surface area contributed by atoms with Gasteiger partial charge in [0.05, 0.1) is 72.6 Å². The topological polar surface area (TPSA) is 203 Å². The van der Waals surface area contributed by atoms with Crippen molar-refractivity contribution in [3.05, 3.63) is 97.6 Å². The van der Waals surface area contributed by atoms with Crippen LogP contribution in [0.15, 0.2) is 18.2 Å². The van der Waals surface area contributed by atoms with Gasteiger partial charge in [-0.25, -0.2) is 31.3 Å². The molecule has 0 aliphatic carbocycles. The highest BCUT2D eigenvalue weighted by Crippen LogP contribution is 2.44. The van der Waals surface area contributed by atoms with Crippen LogP contribution in [0.3, 0.4) is 0 Å². The molecule has 15 heteroatoms. The molecule has 0 radical (unpaired) electrons. The summed E-state index contributed by atoms with van der Waals surface area (Å²) in [7, 11) is 0. The average Bonchev–Trinajstić information content (AvgIpc) is 3.05. The van der Waals surface area contributed by atoms with Crippen LogP contribution in [0.1, 0.15) is 44.5 Å². The first kappa shape index (κ1) is 31.3. The Morgan fingerprint density at radius 1 is 0.348 bits per heavy atom. The summed E-state index contributed by atoms with van der Waals surface area (Å²) in [5.74, 6) is -10.9. The van der Waals surface area contributed by atoms with E-state index in [2.05, 4.69) is 4.98 Å². The van der Waals surface area contributed by atoms with Gasteiger partial charge in [0.2, 0.25) is 0 Å². The first-order chi connectivity index (χ1) is 22.0. The minimum atomic E-state index is -1.83. The molecular formula is C31H3F6N9. The van der Waals surface area contributed by atoms with Gasteiger partial charge in [0, 0.05) is 5.56 Å². The van der Waals surface area contributed by atoms with E-state index < -0.39 is 113 Å². The van der Waals surface area contributed by atoms with Gasteiger partial charge < -0.3 is 0 Å². The summed E-state index contributed by atoms with van der Waals surface area (Å²) in [5.41, 5.74) is -17.2. The van der Waals surface area contributed by atoms with E-state index in [1.807, 2.05) is 0 Å². The number of rotatable bonds is 3. The van der Waals surface area contributed by atoms with Gasteiger partial charge in [-0.05, 0) is 18.2 Å². The number of nitriles is 8. The van der Waals surface area contributed by atoms with Crippen LogP contribution >= 0.6 is 0 Å². The third-order valence-electron chi connectivity index (χ3n) is 6.47. The monoisotopic (exact) mass is 615 g/mol. The van der Waals surface area contributed by atoms with Crippen molar-refractivity contribution in [1.82, 2.24) is 4.98 Å². The molecule has 0 aliphatic rings. The molecule has 3 aromatic carbocycles. The maximum atomic E-state index is 15.7. The first-order valence-electron chi connectivity index (χ1n) is 11.9. The maximum absolute atomic E-state index is 15.7. The Morgan fingerprint density at radius 2 is 0.587 bits per heavy atom. The molecule has 0 spiro atoms. The van der Waals surface area contributed by atoms with Crippen LogP contribution in [0.25, 0.3) is 33.6 Å². The standard InChI is InChI=1S/C31H3F6N9/c32-24-12(4-38)1-13(5-39)25(33)21(24)20-18(10-44)30(22-26(34)14(6-40)2-15(7-41)27(22)35)46-31(19(20)11-45)23-28(36)16(8-42)3-17(9-43)29(23)37/h1-3H. The largest absolute Gasteiger partial charge is 0.245 e. The van der Waals surface area contributed by atoms with E-state index in [0.29, 0.717) is 18.2 Å². The molecule has 4 rings (SSSR count). The Kier molecular flexibility index (Phi) is 8.08. The van der Waals surface area contributed by atoms with Gasteiger partial charge >= 0.3 is 0 Å². The van der Waals surface area contributed by atoms with Crippen molar-refractivity contribution >= 4 is 0 Å². The molecule has 0 bridgehead atoms. The molecule has 0 amide bonds. The van der Waals surface area contributed by atoms with Crippen molar-refractivity contribution < 1.29 is 26.3 Å². The summed E-state index contributed by atoms with van der Waals surface area (Å²) < 4.78 is 94.1. The molecule has 0 atom stereocenters. The van der Waals surface area contributed by atoms with Crippen LogP contribution in [0.5, 0.6) is 0 Å². The van der Waals surface area contributed by atoms with Crippen molar-refractivity contribution in [1.29, 1.82) is 42.1 Å². The molecule has 46 heavy (non-hydrogen) atoms. The van der Waals surface area contributed by atoms with Gasteiger partial charge in [-0.1, -0.05) is 0 Å². The van der Waals surface area contributed by atoms with Crippen LogP contribution in [0.2, 0.25) is 0 Å². The van der Waals surface area contributed by atoms with E-state index in [4.69, 9.17) is 0 Å². The van der Waals surface area contributed by atoms with Crippen LogP contribution < -0.4 is 0 Å². The quantitative estimate of drug-likeness (QED) is 0.252. The fourth-order valence-corrected chi connectivity index (χ4v) is 4.45. The van der Waals surface area contributed by atoms with E-state index >= 15 is 26.3 Å². The highest BCUT2D eigenvalue weighted by Gasteiger charge is 2.35. The van der Waals surface area contributed by atoms with Crippen LogP contribution in [0, 0.1) is 126 Å². The molecule has 1 aromatic heterocycles. The molecule has 1 heterocycles. The van der Waals surface area contributed by atoms with Gasteiger partial charge in [-0.3, -0.25) is 0 Å². The van der Waals surface area contributed by atoms with Crippen molar-refractivity contribution in [3.8, 4) is 82.2 Å². The summed E-state index contributed by atoms with van der Waals surface area (Å²) in [6, 6.07) is 12.0. The zero-order valence-corrected chi connectivity index (χ0v) is 22.0. The van der Waals surface area contributed by atoms with Crippen LogP contribution in [-0.2, 0) is 0 Å².